The number of allylic oxidation sites excluding steroid dienone is 2. The van der Waals surface area contributed by atoms with Crippen molar-refractivity contribution in [2.45, 2.75) is 25.9 Å². The number of benzene rings is 1. The number of rotatable bonds is 5. The molecule has 24 heavy (non-hydrogen) atoms. The number of thiazole rings is 1. The summed E-state index contributed by atoms with van der Waals surface area (Å²) in [4.78, 5) is 16.7. The molecule has 1 heterocycles. The Bertz CT molecular complexity index is 756. The van der Waals surface area contributed by atoms with Crippen molar-refractivity contribution in [1.82, 2.24) is 4.98 Å². The molecule has 1 aliphatic rings. The van der Waals surface area contributed by atoms with Crippen LogP contribution in [0.4, 0.5) is 0 Å². The zero-order chi connectivity index (χ0) is 16.9. The molecule has 0 spiro atoms. The van der Waals surface area contributed by atoms with Crippen LogP contribution in [0.1, 0.15) is 25.0 Å². The van der Waals surface area contributed by atoms with Gasteiger partial charge in [-0.3, -0.25) is 4.79 Å². The third-order valence-corrected chi connectivity index (χ3v) is 5.33. The van der Waals surface area contributed by atoms with Crippen LogP contribution in [0.2, 0.25) is 0 Å². The first-order chi connectivity index (χ1) is 11.7. The molecule has 0 fully saturated rings. The molecular formula is C18H18BrNO3S. The summed E-state index contributed by atoms with van der Waals surface area (Å²) < 4.78 is 11.8. The minimum Gasteiger partial charge on any atom is -0.496 e. The number of aromatic nitrogens is 1. The summed E-state index contributed by atoms with van der Waals surface area (Å²) in [6.45, 7) is 0.214. The first-order valence-electron chi connectivity index (χ1n) is 7.77. The fourth-order valence-corrected chi connectivity index (χ4v) is 3.80. The summed E-state index contributed by atoms with van der Waals surface area (Å²) in [5.41, 5.74) is 1.68. The van der Waals surface area contributed by atoms with Crippen molar-refractivity contribution in [1.29, 1.82) is 0 Å². The van der Waals surface area contributed by atoms with Gasteiger partial charge in [0.1, 0.15) is 17.4 Å². The van der Waals surface area contributed by atoms with Gasteiger partial charge in [-0.25, -0.2) is 4.98 Å². The molecule has 126 valence electrons. The van der Waals surface area contributed by atoms with Crippen LogP contribution in [-0.2, 0) is 16.1 Å². The Morgan fingerprint density at radius 3 is 3.04 bits per heavy atom. The Morgan fingerprint density at radius 2 is 2.29 bits per heavy atom. The second-order valence-electron chi connectivity index (χ2n) is 5.58. The van der Waals surface area contributed by atoms with Gasteiger partial charge >= 0.3 is 5.97 Å². The number of carbonyl (C=O) groups excluding carboxylic acids is 1. The number of hydrogen-bond acceptors (Lipinski definition) is 5. The number of carbonyl (C=O) groups is 1. The third-order valence-electron chi connectivity index (χ3n) is 3.91. The second kappa shape index (κ2) is 7.94. The van der Waals surface area contributed by atoms with Crippen molar-refractivity contribution in [3.05, 3.63) is 45.9 Å². The molecule has 1 atom stereocenters. The first kappa shape index (κ1) is 17.2. The number of esters is 1. The zero-order valence-electron chi connectivity index (χ0n) is 13.3. The average Bonchev–Trinajstić information content (AvgIpc) is 3.09. The second-order valence-corrected chi connectivity index (χ2v) is 7.35. The van der Waals surface area contributed by atoms with Crippen LogP contribution in [0, 0.1) is 5.92 Å². The van der Waals surface area contributed by atoms with Crippen molar-refractivity contribution in [2.75, 3.05) is 7.11 Å². The molecule has 0 radical (unpaired) electrons. The molecule has 2 aromatic rings. The zero-order valence-corrected chi connectivity index (χ0v) is 15.7. The molecule has 0 saturated carbocycles. The Hall–Kier alpha value is -1.66. The molecule has 0 N–H and O–H groups in total. The van der Waals surface area contributed by atoms with Gasteiger partial charge in [0.05, 0.1) is 24.3 Å². The highest BCUT2D eigenvalue weighted by Crippen LogP contribution is 2.34. The van der Waals surface area contributed by atoms with Crippen LogP contribution in [-0.4, -0.2) is 18.1 Å². The lowest BCUT2D eigenvalue weighted by Crippen LogP contribution is -2.18. The molecule has 4 nitrogen and oxygen atoms in total. The van der Waals surface area contributed by atoms with Crippen LogP contribution in [0.15, 0.2) is 40.2 Å². The summed E-state index contributed by atoms with van der Waals surface area (Å²) in [5, 5.41) is 2.77. The van der Waals surface area contributed by atoms with Crippen molar-refractivity contribution in [2.24, 2.45) is 5.92 Å². The molecule has 0 unspecified atom stereocenters. The van der Waals surface area contributed by atoms with Gasteiger partial charge in [0.25, 0.3) is 0 Å². The van der Waals surface area contributed by atoms with E-state index >= 15 is 0 Å². The van der Waals surface area contributed by atoms with Crippen molar-refractivity contribution in [3.8, 4) is 16.3 Å². The molecule has 1 aliphatic carbocycles. The van der Waals surface area contributed by atoms with Gasteiger partial charge in [-0.1, -0.05) is 28.1 Å². The van der Waals surface area contributed by atoms with Gasteiger partial charge in [0.15, 0.2) is 0 Å². The predicted molar refractivity (Wildman–Crippen MR) is 98.1 cm³/mol. The van der Waals surface area contributed by atoms with E-state index in [0.717, 1.165) is 45.7 Å². The number of nitrogens with zero attached hydrogens (tertiary/aromatic N) is 1. The smallest absolute Gasteiger partial charge is 0.309 e. The monoisotopic (exact) mass is 407 g/mol. The van der Waals surface area contributed by atoms with E-state index in [-0.39, 0.29) is 18.5 Å². The lowest BCUT2D eigenvalue weighted by Gasteiger charge is -2.15. The van der Waals surface area contributed by atoms with Gasteiger partial charge in [-0.15, -0.1) is 11.3 Å². The molecule has 1 aromatic heterocycles. The maximum atomic E-state index is 12.1. The van der Waals surface area contributed by atoms with E-state index < -0.39 is 0 Å². The maximum absolute atomic E-state index is 12.1. The van der Waals surface area contributed by atoms with E-state index in [9.17, 15) is 4.79 Å². The fraction of sp³-hybridized carbons (Fsp3) is 0.333. The summed E-state index contributed by atoms with van der Waals surface area (Å²) in [6.07, 6.45) is 6.75. The molecular weight excluding hydrogens is 390 g/mol. The van der Waals surface area contributed by atoms with E-state index in [1.54, 1.807) is 7.11 Å². The Labute approximate surface area is 153 Å². The molecule has 0 saturated heterocycles. The summed E-state index contributed by atoms with van der Waals surface area (Å²) in [6, 6.07) is 5.80. The number of hydrogen-bond donors (Lipinski definition) is 0. The molecule has 0 amide bonds. The highest BCUT2D eigenvalue weighted by Gasteiger charge is 2.20. The van der Waals surface area contributed by atoms with Crippen molar-refractivity contribution in [3.63, 3.8) is 0 Å². The Kier molecular flexibility index (Phi) is 5.68. The van der Waals surface area contributed by atoms with E-state index in [0.29, 0.717) is 0 Å². The standard InChI is InChI=1S/C18H18BrNO3S/c1-22-16-8-7-13(19)9-15(16)17-20-14(11-24-17)10-23-18(21)12-5-3-2-4-6-12/h2-3,7-9,11-12H,4-6,10H2,1H3/t12-/m0/s1. The Morgan fingerprint density at radius 1 is 1.42 bits per heavy atom. The minimum absolute atomic E-state index is 0.0155. The van der Waals surface area contributed by atoms with E-state index in [2.05, 4.69) is 33.1 Å². The molecule has 3 rings (SSSR count). The Balaban J connectivity index is 1.66. The SMILES string of the molecule is COc1ccc(Br)cc1-c1nc(COC(=O)[C@H]2CC=CCC2)cs1. The fourth-order valence-electron chi connectivity index (χ4n) is 2.61. The van der Waals surface area contributed by atoms with E-state index in [1.165, 1.54) is 11.3 Å². The maximum Gasteiger partial charge on any atom is 0.309 e. The quantitative estimate of drug-likeness (QED) is 0.517. The number of methoxy groups -OCH3 is 1. The molecule has 1 aromatic carbocycles. The molecule has 0 aliphatic heterocycles. The summed E-state index contributed by atoms with van der Waals surface area (Å²) in [5.74, 6) is 0.623. The first-order valence-corrected chi connectivity index (χ1v) is 9.44. The third kappa shape index (κ3) is 4.05. The highest BCUT2D eigenvalue weighted by atomic mass is 79.9. The van der Waals surface area contributed by atoms with Crippen molar-refractivity contribution >= 4 is 33.2 Å². The van der Waals surface area contributed by atoms with Crippen LogP contribution >= 0.6 is 27.3 Å². The topological polar surface area (TPSA) is 48.4 Å². The van der Waals surface area contributed by atoms with Gasteiger partial charge in [-0.05, 0) is 37.5 Å². The average molecular weight is 408 g/mol. The number of ether oxygens (including phenoxy) is 2. The lowest BCUT2D eigenvalue weighted by atomic mass is 9.95. The van der Waals surface area contributed by atoms with E-state index in [4.69, 9.17) is 9.47 Å². The lowest BCUT2D eigenvalue weighted by molar-refractivity contribution is -0.150. The normalized spacial score (nSPS) is 16.8. The van der Waals surface area contributed by atoms with E-state index in [1.807, 2.05) is 23.6 Å². The summed E-state index contributed by atoms with van der Waals surface area (Å²) in [7, 11) is 1.64. The van der Waals surface area contributed by atoms with Gasteiger partial charge < -0.3 is 9.47 Å². The largest absolute Gasteiger partial charge is 0.496 e. The van der Waals surface area contributed by atoms with Crippen molar-refractivity contribution < 1.29 is 14.3 Å². The van der Waals surface area contributed by atoms with Gasteiger partial charge in [-0.2, -0.15) is 0 Å². The predicted octanol–water partition coefficient (Wildman–Crippen LogP) is 4.98. The van der Waals surface area contributed by atoms with Crippen LogP contribution in [0.3, 0.4) is 0 Å². The van der Waals surface area contributed by atoms with Crippen LogP contribution < -0.4 is 4.74 Å². The molecule has 0 bridgehead atoms. The minimum atomic E-state index is -0.131. The van der Waals surface area contributed by atoms with Gasteiger partial charge in [0, 0.05) is 9.85 Å². The summed E-state index contributed by atoms with van der Waals surface area (Å²) >= 11 is 4.98. The van der Waals surface area contributed by atoms with Crippen LogP contribution in [0.25, 0.3) is 10.6 Å². The molecule has 6 heteroatoms. The highest BCUT2D eigenvalue weighted by molar-refractivity contribution is 9.10. The number of halogens is 1. The van der Waals surface area contributed by atoms with Crippen LogP contribution in [0.5, 0.6) is 5.75 Å². The van der Waals surface area contributed by atoms with Gasteiger partial charge in [0.2, 0.25) is 0 Å².